The zero-order valence-electron chi connectivity index (χ0n) is 15.9. The molecule has 29 heavy (non-hydrogen) atoms. The molecule has 1 fully saturated rings. The molecule has 4 rings (SSSR count). The monoisotopic (exact) mass is 392 g/mol. The number of rotatable bonds is 5. The van der Waals surface area contributed by atoms with Crippen molar-refractivity contribution in [2.45, 2.75) is 6.54 Å². The summed E-state index contributed by atoms with van der Waals surface area (Å²) in [7, 11) is 0. The van der Waals surface area contributed by atoms with Gasteiger partial charge in [-0.15, -0.1) is 0 Å². The predicted molar refractivity (Wildman–Crippen MR) is 106 cm³/mol. The smallest absolute Gasteiger partial charge is 0.254 e. The van der Waals surface area contributed by atoms with Crippen LogP contribution in [0.15, 0.2) is 71.3 Å². The third-order valence-corrected chi connectivity index (χ3v) is 5.13. The molecule has 0 N–H and O–H groups in total. The molecular weight excluding hydrogens is 371 g/mol. The van der Waals surface area contributed by atoms with Gasteiger partial charge in [0.25, 0.3) is 5.91 Å². The van der Waals surface area contributed by atoms with Crippen molar-refractivity contribution in [2.24, 2.45) is 0 Å². The van der Waals surface area contributed by atoms with E-state index >= 15 is 0 Å². The van der Waals surface area contributed by atoms with Crippen LogP contribution in [-0.2, 0) is 6.54 Å². The normalized spacial score (nSPS) is 14.7. The van der Waals surface area contributed by atoms with Crippen molar-refractivity contribution in [1.82, 2.24) is 9.80 Å². The van der Waals surface area contributed by atoms with E-state index in [1.165, 1.54) is 24.3 Å². The van der Waals surface area contributed by atoms with Gasteiger partial charge < -0.3 is 9.32 Å². The van der Waals surface area contributed by atoms with Crippen LogP contribution in [-0.4, -0.2) is 47.7 Å². The van der Waals surface area contributed by atoms with Crippen LogP contribution in [0.1, 0.15) is 32.0 Å². The van der Waals surface area contributed by atoms with Gasteiger partial charge in [-0.2, -0.15) is 0 Å². The quantitative estimate of drug-likeness (QED) is 0.623. The van der Waals surface area contributed by atoms with Crippen molar-refractivity contribution in [2.75, 3.05) is 26.2 Å². The summed E-state index contributed by atoms with van der Waals surface area (Å²) < 4.78 is 18.6. The molecule has 1 amide bonds. The number of carbonyl (C=O) groups excluding carboxylic acids is 2. The van der Waals surface area contributed by atoms with Gasteiger partial charge in [-0.05, 0) is 42.5 Å². The Kier molecular flexibility index (Phi) is 5.53. The number of halogens is 1. The van der Waals surface area contributed by atoms with E-state index in [1.807, 2.05) is 12.1 Å². The number of benzene rings is 2. The molecule has 2 aromatic carbocycles. The van der Waals surface area contributed by atoms with Crippen molar-refractivity contribution in [1.29, 1.82) is 0 Å². The molecule has 6 heteroatoms. The summed E-state index contributed by atoms with van der Waals surface area (Å²) >= 11 is 0. The summed E-state index contributed by atoms with van der Waals surface area (Å²) in [5.74, 6) is 0.0532. The molecule has 1 aliphatic rings. The minimum Gasteiger partial charge on any atom is -0.468 e. The molecule has 2 heterocycles. The van der Waals surface area contributed by atoms with E-state index in [0.717, 1.165) is 18.8 Å². The number of hydrogen-bond donors (Lipinski definition) is 0. The van der Waals surface area contributed by atoms with Crippen LogP contribution >= 0.6 is 0 Å². The summed E-state index contributed by atoms with van der Waals surface area (Å²) in [4.78, 5) is 30.0. The maximum atomic E-state index is 13.2. The highest BCUT2D eigenvalue weighted by Gasteiger charge is 2.26. The molecule has 0 aliphatic carbocycles. The van der Waals surface area contributed by atoms with Gasteiger partial charge in [0.05, 0.1) is 18.4 Å². The van der Waals surface area contributed by atoms with Gasteiger partial charge in [0.1, 0.15) is 11.6 Å². The van der Waals surface area contributed by atoms with Crippen LogP contribution in [0.5, 0.6) is 0 Å². The molecular formula is C23H21FN2O3. The highest BCUT2D eigenvalue weighted by Crippen LogP contribution is 2.19. The zero-order valence-corrected chi connectivity index (χ0v) is 15.9. The molecule has 0 spiro atoms. The Morgan fingerprint density at radius 1 is 0.862 bits per heavy atom. The summed E-state index contributed by atoms with van der Waals surface area (Å²) in [5.41, 5.74) is 1.07. The van der Waals surface area contributed by atoms with Crippen LogP contribution in [0.3, 0.4) is 0 Å². The predicted octanol–water partition coefficient (Wildman–Crippen LogP) is 3.61. The number of ketones is 1. The van der Waals surface area contributed by atoms with E-state index in [9.17, 15) is 14.0 Å². The lowest BCUT2D eigenvalue weighted by atomic mass is 9.97. The molecule has 148 valence electrons. The molecule has 0 atom stereocenters. The number of carbonyl (C=O) groups is 2. The fourth-order valence-corrected chi connectivity index (χ4v) is 3.53. The Bertz CT molecular complexity index is 991. The Morgan fingerprint density at radius 3 is 2.21 bits per heavy atom. The van der Waals surface area contributed by atoms with Crippen molar-refractivity contribution < 1.29 is 18.4 Å². The second-order valence-electron chi connectivity index (χ2n) is 7.03. The molecule has 0 unspecified atom stereocenters. The molecule has 5 nitrogen and oxygen atoms in total. The summed E-state index contributed by atoms with van der Waals surface area (Å²) in [6.07, 6.45) is 1.66. The van der Waals surface area contributed by atoms with Gasteiger partial charge in [-0.3, -0.25) is 14.5 Å². The topological polar surface area (TPSA) is 53.8 Å². The number of hydrogen-bond acceptors (Lipinski definition) is 4. The molecule has 0 radical (unpaired) electrons. The van der Waals surface area contributed by atoms with Gasteiger partial charge >= 0.3 is 0 Å². The van der Waals surface area contributed by atoms with Crippen LogP contribution in [0.25, 0.3) is 0 Å². The standard InChI is InChI=1S/C23H21FN2O3/c24-18-9-7-17(8-10-18)22(27)20-5-1-2-6-21(20)23(28)26-13-11-25(12-14-26)16-19-4-3-15-29-19/h1-10,15H,11-14,16H2. The largest absolute Gasteiger partial charge is 0.468 e. The molecule has 1 aromatic heterocycles. The summed E-state index contributed by atoms with van der Waals surface area (Å²) in [6, 6.07) is 16.0. The van der Waals surface area contributed by atoms with Crippen molar-refractivity contribution in [3.8, 4) is 0 Å². The fraction of sp³-hybridized carbons (Fsp3) is 0.217. The van der Waals surface area contributed by atoms with Crippen molar-refractivity contribution in [3.05, 3.63) is 95.2 Å². The van der Waals surface area contributed by atoms with Gasteiger partial charge in [-0.1, -0.05) is 18.2 Å². The first-order valence-electron chi connectivity index (χ1n) is 9.55. The van der Waals surface area contributed by atoms with Gasteiger partial charge in [0.2, 0.25) is 0 Å². The zero-order chi connectivity index (χ0) is 20.2. The molecule has 0 bridgehead atoms. The number of nitrogens with zero attached hydrogens (tertiary/aromatic N) is 2. The van der Waals surface area contributed by atoms with E-state index in [-0.39, 0.29) is 11.7 Å². The maximum absolute atomic E-state index is 13.2. The first kappa shape index (κ1) is 19.1. The Labute approximate surface area is 168 Å². The van der Waals surface area contributed by atoms with Crippen molar-refractivity contribution in [3.63, 3.8) is 0 Å². The highest BCUT2D eigenvalue weighted by atomic mass is 19.1. The number of amides is 1. The minimum absolute atomic E-state index is 0.159. The Hall–Kier alpha value is -3.25. The number of furan rings is 1. The van der Waals surface area contributed by atoms with Crippen molar-refractivity contribution >= 4 is 11.7 Å². The maximum Gasteiger partial charge on any atom is 0.254 e. The molecule has 1 saturated heterocycles. The van der Waals surface area contributed by atoms with Gasteiger partial charge in [-0.25, -0.2) is 4.39 Å². The average molecular weight is 392 g/mol. The van der Waals surface area contributed by atoms with Crippen LogP contribution in [0.4, 0.5) is 4.39 Å². The van der Waals surface area contributed by atoms with Crippen LogP contribution in [0.2, 0.25) is 0 Å². The third kappa shape index (κ3) is 4.27. The Balaban J connectivity index is 1.47. The lowest BCUT2D eigenvalue weighted by Crippen LogP contribution is -2.48. The van der Waals surface area contributed by atoms with E-state index in [0.29, 0.717) is 36.3 Å². The second kappa shape index (κ2) is 8.41. The highest BCUT2D eigenvalue weighted by molar-refractivity contribution is 6.15. The minimum atomic E-state index is -0.404. The fourth-order valence-electron chi connectivity index (χ4n) is 3.53. The van der Waals surface area contributed by atoms with E-state index < -0.39 is 5.82 Å². The lowest BCUT2D eigenvalue weighted by molar-refractivity contribution is 0.0617. The van der Waals surface area contributed by atoms with E-state index in [2.05, 4.69) is 4.90 Å². The lowest BCUT2D eigenvalue weighted by Gasteiger charge is -2.34. The van der Waals surface area contributed by atoms with Crippen LogP contribution < -0.4 is 0 Å². The molecule has 3 aromatic rings. The second-order valence-corrected chi connectivity index (χ2v) is 7.03. The van der Waals surface area contributed by atoms with E-state index in [4.69, 9.17) is 4.42 Å². The Morgan fingerprint density at radius 2 is 1.55 bits per heavy atom. The number of piperazine rings is 1. The SMILES string of the molecule is O=C(c1ccc(F)cc1)c1ccccc1C(=O)N1CCN(Cc2ccco2)CC1. The first-order chi connectivity index (χ1) is 14.1. The van der Waals surface area contributed by atoms with Crippen LogP contribution in [0, 0.1) is 5.82 Å². The van der Waals surface area contributed by atoms with Gasteiger partial charge in [0.15, 0.2) is 5.78 Å². The first-order valence-corrected chi connectivity index (χ1v) is 9.55. The third-order valence-electron chi connectivity index (χ3n) is 5.13. The molecule has 0 saturated carbocycles. The van der Waals surface area contributed by atoms with E-state index in [1.54, 1.807) is 35.4 Å². The average Bonchev–Trinajstić information content (AvgIpc) is 3.27. The summed E-state index contributed by atoms with van der Waals surface area (Å²) in [6.45, 7) is 3.35. The summed E-state index contributed by atoms with van der Waals surface area (Å²) in [5, 5.41) is 0. The van der Waals surface area contributed by atoms with Gasteiger partial charge in [0, 0.05) is 37.3 Å². The molecule has 1 aliphatic heterocycles.